The second-order valence-corrected chi connectivity index (χ2v) is 6.36. The van der Waals surface area contributed by atoms with Gasteiger partial charge in [-0.1, -0.05) is 12.1 Å². The van der Waals surface area contributed by atoms with Crippen molar-refractivity contribution in [1.29, 1.82) is 0 Å². The lowest BCUT2D eigenvalue weighted by molar-refractivity contribution is 0.0727. The highest BCUT2D eigenvalue weighted by atomic mass is 16.2. The van der Waals surface area contributed by atoms with Crippen LogP contribution in [0.2, 0.25) is 0 Å². The van der Waals surface area contributed by atoms with Gasteiger partial charge in [-0.15, -0.1) is 0 Å². The number of nitrogens with zero attached hydrogens (tertiary/aromatic N) is 5. The van der Waals surface area contributed by atoms with Crippen LogP contribution < -0.4 is 0 Å². The van der Waals surface area contributed by atoms with Gasteiger partial charge in [0, 0.05) is 36.8 Å². The predicted molar refractivity (Wildman–Crippen MR) is 97.5 cm³/mol. The molecular formula is C20H15N5O. The van der Waals surface area contributed by atoms with Gasteiger partial charge in [-0.05, 0) is 35.9 Å². The summed E-state index contributed by atoms with van der Waals surface area (Å²) < 4.78 is 0. The summed E-state index contributed by atoms with van der Waals surface area (Å²) in [5.41, 5.74) is 4.74. The van der Waals surface area contributed by atoms with Gasteiger partial charge in [0.25, 0.3) is 5.91 Å². The fourth-order valence-corrected chi connectivity index (χ4v) is 3.36. The topological polar surface area (TPSA) is 71.9 Å². The van der Waals surface area contributed by atoms with Crippen molar-refractivity contribution in [2.45, 2.75) is 13.0 Å². The first kappa shape index (κ1) is 14.9. The number of para-hydroxylation sites is 2. The molecule has 0 fully saturated rings. The molecule has 26 heavy (non-hydrogen) atoms. The van der Waals surface area contributed by atoms with Crippen LogP contribution in [0.4, 0.5) is 0 Å². The first-order valence-corrected chi connectivity index (χ1v) is 8.52. The molecule has 1 aromatic carbocycles. The van der Waals surface area contributed by atoms with E-state index in [0.717, 1.165) is 33.3 Å². The Morgan fingerprint density at radius 3 is 2.81 bits per heavy atom. The zero-order chi connectivity index (χ0) is 17.5. The first-order chi connectivity index (χ1) is 12.8. The maximum absolute atomic E-state index is 12.9. The van der Waals surface area contributed by atoms with E-state index in [1.165, 1.54) is 0 Å². The minimum absolute atomic E-state index is 0.0970. The second-order valence-electron chi connectivity index (χ2n) is 6.36. The Bertz CT molecular complexity index is 1160. The van der Waals surface area contributed by atoms with Crippen molar-refractivity contribution >= 4 is 28.0 Å². The molecule has 0 saturated heterocycles. The minimum Gasteiger partial charge on any atom is -0.332 e. The van der Waals surface area contributed by atoms with Gasteiger partial charge in [0.05, 0.1) is 17.2 Å². The molecule has 0 bridgehead atoms. The number of pyridine rings is 2. The van der Waals surface area contributed by atoms with Crippen molar-refractivity contribution in [2.24, 2.45) is 0 Å². The Labute approximate surface area is 149 Å². The minimum atomic E-state index is -0.0970. The first-order valence-electron chi connectivity index (χ1n) is 8.52. The molecule has 1 aliphatic rings. The average molecular weight is 341 g/mol. The van der Waals surface area contributed by atoms with Crippen molar-refractivity contribution in [1.82, 2.24) is 24.8 Å². The largest absolute Gasteiger partial charge is 0.332 e. The Morgan fingerprint density at radius 1 is 1.00 bits per heavy atom. The zero-order valence-electron chi connectivity index (χ0n) is 14.0. The Hall–Kier alpha value is -3.41. The Morgan fingerprint density at radius 2 is 1.88 bits per heavy atom. The van der Waals surface area contributed by atoms with E-state index in [0.29, 0.717) is 25.2 Å². The highest BCUT2D eigenvalue weighted by Crippen LogP contribution is 2.22. The predicted octanol–water partition coefficient (Wildman–Crippen LogP) is 2.77. The molecular weight excluding hydrogens is 326 g/mol. The molecule has 0 aliphatic carbocycles. The van der Waals surface area contributed by atoms with E-state index in [2.05, 4.69) is 26.0 Å². The number of hydrogen-bond donors (Lipinski definition) is 0. The lowest BCUT2D eigenvalue weighted by Gasteiger charge is -2.28. The molecule has 4 heterocycles. The van der Waals surface area contributed by atoms with Crippen molar-refractivity contribution in [3.05, 3.63) is 71.8 Å². The summed E-state index contributed by atoms with van der Waals surface area (Å²) in [6.45, 7) is 1.15. The van der Waals surface area contributed by atoms with Gasteiger partial charge < -0.3 is 4.90 Å². The number of hydrogen-bond acceptors (Lipinski definition) is 5. The molecule has 0 radical (unpaired) electrons. The summed E-state index contributed by atoms with van der Waals surface area (Å²) >= 11 is 0. The summed E-state index contributed by atoms with van der Waals surface area (Å²) in [4.78, 5) is 32.5. The Balaban J connectivity index is 1.47. The van der Waals surface area contributed by atoms with Crippen LogP contribution in [0.25, 0.3) is 22.1 Å². The smallest absolute Gasteiger partial charge is 0.274 e. The van der Waals surface area contributed by atoms with Crippen LogP contribution in [0.15, 0.2) is 54.9 Å². The van der Waals surface area contributed by atoms with Gasteiger partial charge in [0.15, 0.2) is 5.65 Å². The van der Waals surface area contributed by atoms with E-state index < -0.39 is 0 Å². The lowest BCUT2D eigenvalue weighted by Crippen LogP contribution is -2.36. The molecule has 5 rings (SSSR count). The van der Waals surface area contributed by atoms with E-state index in [4.69, 9.17) is 0 Å². The van der Waals surface area contributed by atoms with Gasteiger partial charge in [-0.2, -0.15) is 0 Å². The summed E-state index contributed by atoms with van der Waals surface area (Å²) in [5.74, 6) is -0.0970. The number of benzene rings is 1. The van der Waals surface area contributed by atoms with Gasteiger partial charge in [0.2, 0.25) is 0 Å². The molecule has 3 aromatic heterocycles. The molecule has 6 nitrogen and oxygen atoms in total. The molecule has 6 heteroatoms. The molecule has 4 aromatic rings. The molecule has 0 N–H and O–H groups in total. The third-order valence-electron chi connectivity index (χ3n) is 4.69. The highest BCUT2D eigenvalue weighted by Gasteiger charge is 2.24. The lowest BCUT2D eigenvalue weighted by atomic mass is 10.0. The average Bonchev–Trinajstić information content (AvgIpc) is 2.71. The van der Waals surface area contributed by atoms with Gasteiger partial charge in [0.1, 0.15) is 5.69 Å². The molecule has 0 atom stereocenters. The SMILES string of the molecule is O=C(c1cnc2ccccc2n1)N1CCc2nc3ncccc3cc2C1. The van der Waals surface area contributed by atoms with Crippen LogP contribution in [-0.4, -0.2) is 37.3 Å². The number of carbonyl (C=O) groups is 1. The number of rotatable bonds is 1. The third-order valence-corrected chi connectivity index (χ3v) is 4.69. The monoisotopic (exact) mass is 341 g/mol. The molecule has 0 spiro atoms. The van der Waals surface area contributed by atoms with Crippen molar-refractivity contribution < 1.29 is 4.79 Å². The number of aromatic nitrogens is 4. The Kier molecular flexibility index (Phi) is 3.35. The summed E-state index contributed by atoms with van der Waals surface area (Å²) in [6, 6.07) is 13.5. The molecule has 0 unspecified atom stereocenters. The summed E-state index contributed by atoms with van der Waals surface area (Å²) in [6.07, 6.45) is 4.02. The number of amides is 1. The van der Waals surface area contributed by atoms with Gasteiger partial charge in [-0.25, -0.2) is 15.0 Å². The molecule has 0 saturated carbocycles. The van der Waals surface area contributed by atoms with Crippen LogP contribution in [0.3, 0.4) is 0 Å². The zero-order valence-corrected chi connectivity index (χ0v) is 14.0. The van der Waals surface area contributed by atoms with Crippen molar-refractivity contribution in [2.75, 3.05) is 6.54 Å². The van der Waals surface area contributed by atoms with E-state index in [-0.39, 0.29) is 5.91 Å². The van der Waals surface area contributed by atoms with Crippen LogP contribution in [-0.2, 0) is 13.0 Å². The van der Waals surface area contributed by atoms with E-state index in [1.54, 1.807) is 12.4 Å². The van der Waals surface area contributed by atoms with E-state index >= 15 is 0 Å². The van der Waals surface area contributed by atoms with E-state index in [1.807, 2.05) is 41.3 Å². The fourth-order valence-electron chi connectivity index (χ4n) is 3.36. The second kappa shape index (κ2) is 5.84. The summed E-state index contributed by atoms with van der Waals surface area (Å²) in [7, 11) is 0. The molecule has 126 valence electrons. The standard InChI is InChI=1S/C20H15N5O/c26-20(18-11-22-16-5-1-2-6-17(16)23-18)25-9-7-15-14(12-25)10-13-4-3-8-21-19(13)24-15/h1-6,8,10-11H,7,9,12H2. The maximum Gasteiger partial charge on any atom is 0.274 e. The van der Waals surface area contributed by atoms with Gasteiger partial charge in [-0.3, -0.25) is 9.78 Å². The maximum atomic E-state index is 12.9. The quantitative estimate of drug-likeness (QED) is 0.532. The normalized spacial score (nSPS) is 13.8. The van der Waals surface area contributed by atoms with E-state index in [9.17, 15) is 4.79 Å². The van der Waals surface area contributed by atoms with Crippen molar-refractivity contribution in [3.8, 4) is 0 Å². The fraction of sp³-hybridized carbons (Fsp3) is 0.150. The summed E-state index contributed by atoms with van der Waals surface area (Å²) in [5, 5.41) is 0.992. The van der Waals surface area contributed by atoms with Crippen LogP contribution >= 0.6 is 0 Å². The van der Waals surface area contributed by atoms with Crippen LogP contribution in [0, 0.1) is 0 Å². The van der Waals surface area contributed by atoms with Gasteiger partial charge >= 0.3 is 0 Å². The number of fused-ring (bicyclic) bond motifs is 3. The number of carbonyl (C=O) groups excluding carboxylic acids is 1. The van der Waals surface area contributed by atoms with Crippen molar-refractivity contribution in [3.63, 3.8) is 0 Å². The molecule has 1 aliphatic heterocycles. The van der Waals surface area contributed by atoms with Crippen LogP contribution in [0.5, 0.6) is 0 Å². The highest BCUT2D eigenvalue weighted by molar-refractivity contribution is 5.94. The van der Waals surface area contributed by atoms with Crippen LogP contribution in [0.1, 0.15) is 21.7 Å². The third kappa shape index (κ3) is 2.47. The molecule has 1 amide bonds.